The molecule has 0 aliphatic carbocycles. The van der Waals surface area contributed by atoms with Crippen molar-refractivity contribution in [2.24, 2.45) is 0 Å². The van der Waals surface area contributed by atoms with Gasteiger partial charge in [-0.1, -0.05) is 6.07 Å². The van der Waals surface area contributed by atoms with Crippen LogP contribution in [0.25, 0.3) is 0 Å². The Morgan fingerprint density at radius 2 is 2.43 bits per heavy atom. The summed E-state index contributed by atoms with van der Waals surface area (Å²) in [5.41, 5.74) is 1.05. The Labute approximate surface area is 82.7 Å². The number of rotatable bonds is 1. The number of hydrogen-bond acceptors (Lipinski definition) is 3. The zero-order valence-electron chi connectivity index (χ0n) is 7.86. The molecule has 4 nitrogen and oxygen atoms in total. The molecule has 2 N–H and O–H groups in total. The van der Waals surface area contributed by atoms with Gasteiger partial charge in [-0.05, 0) is 11.6 Å². The number of aromatic nitrogens is 1. The fraction of sp³-hybridized carbons (Fsp3) is 0.400. The fourth-order valence-corrected chi connectivity index (χ4v) is 1.55. The number of carbonyl (C=O) groups excluding carboxylic acids is 1. The third kappa shape index (κ3) is 2.09. The number of hydrogen-bond donors (Lipinski definition) is 2. The summed E-state index contributed by atoms with van der Waals surface area (Å²) in [6, 6.07) is 3.91. The van der Waals surface area contributed by atoms with Crippen molar-refractivity contribution in [3.63, 3.8) is 0 Å². The van der Waals surface area contributed by atoms with Crippen LogP contribution in [0.2, 0.25) is 0 Å². The number of amides is 1. The molecule has 1 aliphatic heterocycles. The molecule has 0 bridgehead atoms. The van der Waals surface area contributed by atoms with Crippen LogP contribution in [-0.4, -0.2) is 24.0 Å². The minimum atomic E-state index is 0.0544. The lowest BCUT2D eigenvalue weighted by molar-refractivity contribution is -0.121. The van der Waals surface area contributed by atoms with Crippen molar-refractivity contribution in [2.45, 2.75) is 12.5 Å². The van der Waals surface area contributed by atoms with Gasteiger partial charge in [-0.3, -0.25) is 9.78 Å². The summed E-state index contributed by atoms with van der Waals surface area (Å²) in [5, 5.41) is 6.17. The van der Waals surface area contributed by atoms with Gasteiger partial charge in [0.25, 0.3) is 0 Å². The lowest BCUT2D eigenvalue weighted by Gasteiger charge is -2.15. The van der Waals surface area contributed by atoms with Gasteiger partial charge in [0.15, 0.2) is 0 Å². The van der Waals surface area contributed by atoms with Gasteiger partial charge in [0, 0.05) is 31.9 Å². The van der Waals surface area contributed by atoms with E-state index in [4.69, 9.17) is 0 Å². The molecule has 1 aromatic heterocycles. The predicted molar refractivity (Wildman–Crippen MR) is 52.6 cm³/mol. The predicted octanol–water partition coefficient (Wildman–Crippen LogP) is 0.232. The molecule has 4 heteroatoms. The Hall–Kier alpha value is -1.42. The van der Waals surface area contributed by atoms with Crippen LogP contribution in [0.4, 0.5) is 0 Å². The molecule has 0 saturated carbocycles. The van der Waals surface area contributed by atoms with E-state index in [-0.39, 0.29) is 11.9 Å². The van der Waals surface area contributed by atoms with E-state index in [1.165, 1.54) is 0 Å². The standard InChI is InChI=1S/C10H13N3O/c14-10-3-5-12-7-9(13-10)8-2-1-4-11-6-8/h1-2,4,6,9,12H,3,5,7H2,(H,13,14). The van der Waals surface area contributed by atoms with Crippen molar-refractivity contribution in [3.8, 4) is 0 Å². The van der Waals surface area contributed by atoms with E-state index in [9.17, 15) is 4.79 Å². The van der Waals surface area contributed by atoms with E-state index in [0.29, 0.717) is 6.42 Å². The summed E-state index contributed by atoms with van der Waals surface area (Å²) in [7, 11) is 0. The zero-order chi connectivity index (χ0) is 9.80. The van der Waals surface area contributed by atoms with Crippen LogP contribution in [0.3, 0.4) is 0 Å². The van der Waals surface area contributed by atoms with Crippen LogP contribution >= 0.6 is 0 Å². The lowest BCUT2D eigenvalue weighted by Crippen LogP contribution is -2.30. The molecule has 1 fully saturated rings. The third-order valence-corrected chi connectivity index (χ3v) is 2.30. The van der Waals surface area contributed by atoms with E-state index in [1.807, 2.05) is 12.1 Å². The average molecular weight is 191 g/mol. The lowest BCUT2D eigenvalue weighted by atomic mass is 10.1. The van der Waals surface area contributed by atoms with Crippen LogP contribution in [0.5, 0.6) is 0 Å². The molecule has 74 valence electrons. The topological polar surface area (TPSA) is 54.0 Å². The van der Waals surface area contributed by atoms with Gasteiger partial charge in [-0.2, -0.15) is 0 Å². The number of pyridine rings is 1. The summed E-state index contributed by atoms with van der Waals surface area (Å²) < 4.78 is 0. The van der Waals surface area contributed by atoms with Crippen molar-refractivity contribution >= 4 is 5.91 Å². The highest BCUT2D eigenvalue weighted by Crippen LogP contribution is 2.11. The second kappa shape index (κ2) is 4.19. The first-order chi connectivity index (χ1) is 6.86. The first-order valence-corrected chi connectivity index (χ1v) is 4.76. The molecule has 0 aromatic carbocycles. The Morgan fingerprint density at radius 1 is 1.50 bits per heavy atom. The van der Waals surface area contributed by atoms with E-state index in [0.717, 1.165) is 18.7 Å². The van der Waals surface area contributed by atoms with Crippen LogP contribution in [0.1, 0.15) is 18.0 Å². The maximum atomic E-state index is 11.3. The summed E-state index contributed by atoms with van der Waals surface area (Å²) in [5.74, 6) is 0.101. The second-order valence-corrected chi connectivity index (χ2v) is 3.36. The van der Waals surface area contributed by atoms with E-state index >= 15 is 0 Å². The molecule has 2 heterocycles. The number of nitrogens with one attached hydrogen (secondary N) is 2. The molecule has 1 saturated heterocycles. The maximum absolute atomic E-state index is 11.3. The number of nitrogens with zero attached hydrogens (tertiary/aromatic N) is 1. The fourth-order valence-electron chi connectivity index (χ4n) is 1.55. The van der Waals surface area contributed by atoms with Crippen molar-refractivity contribution < 1.29 is 4.79 Å². The zero-order valence-corrected chi connectivity index (χ0v) is 7.86. The molecule has 0 spiro atoms. The molecule has 1 atom stereocenters. The summed E-state index contributed by atoms with van der Waals surface area (Å²) in [4.78, 5) is 15.3. The van der Waals surface area contributed by atoms with Crippen molar-refractivity contribution in [2.75, 3.05) is 13.1 Å². The second-order valence-electron chi connectivity index (χ2n) is 3.36. The molecular weight excluding hydrogens is 178 g/mol. The van der Waals surface area contributed by atoms with E-state index in [1.54, 1.807) is 12.4 Å². The molecule has 0 radical (unpaired) electrons. The summed E-state index contributed by atoms with van der Waals surface area (Å²) in [6.45, 7) is 1.53. The SMILES string of the molecule is O=C1CCNCC(c2cccnc2)N1. The molecule has 14 heavy (non-hydrogen) atoms. The smallest absolute Gasteiger partial charge is 0.221 e. The Kier molecular flexibility index (Phi) is 2.74. The minimum absolute atomic E-state index is 0.0544. The monoisotopic (exact) mass is 191 g/mol. The largest absolute Gasteiger partial charge is 0.348 e. The quantitative estimate of drug-likeness (QED) is 0.668. The van der Waals surface area contributed by atoms with E-state index < -0.39 is 0 Å². The van der Waals surface area contributed by atoms with E-state index in [2.05, 4.69) is 15.6 Å². The van der Waals surface area contributed by atoms with Gasteiger partial charge in [0.2, 0.25) is 5.91 Å². The van der Waals surface area contributed by atoms with Gasteiger partial charge in [0.05, 0.1) is 6.04 Å². The molecule has 1 amide bonds. The third-order valence-electron chi connectivity index (χ3n) is 2.30. The van der Waals surface area contributed by atoms with Crippen LogP contribution in [0, 0.1) is 0 Å². The van der Waals surface area contributed by atoms with Gasteiger partial charge < -0.3 is 10.6 Å². The van der Waals surface area contributed by atoms with Crippen LogP contribution < -0.4 is 10.6 Å². The van der Waals surface area contributed by atoms with Gasteiger partial charge in [-0.25, -0.2) is 0 Å². The summed E-state index contributed by atoms with van der Waals surface area (Å²) in [6.07, 6.45) is 4.07. The first-order valence-electron chi connectivity index (χ1n) is 4.76. The Balaban J connectivity index is 2.13. The van der Waals surface area contributed by atoms with Crippen LogP contribution in [-0.2, 0) is 4.79 Å². The minimum Gasteiger partial charge on any atom is -0.348 e. The molecule has 1 aliphatic rings. The van der Waals surface area contributed by atoms with Gasteiger partial charge in [0.1, 0.15) is 0 Å². The van der Waals surface area contributed by atoms with Crippen molar-refractivity contribution in [1.29, 1.82) is 0 Å². The summed E-state index contributed by atoms with van der Waals surface area (Å²) >= 11 is 0. The Bertz CT molecular complexity index is 312. The van der Waals surface area contributed by atoms with Gasteiger partial charge in [-0.15, -0.1) is 0 Å². The van der Waals surface area contributed by atoms with Crippen molar-refractivity contribution in [3.05, 3.63) is 30.1 Å². The molecule has 1 unspecified atom stereocenters. The molecule has 2 rings (SSSR count). The highest BCUT2D eigenvalue weighted by molar-refractivity contribution is 5.76. The normalized spacial score (nSPS) is 22.6. The van der Waals surface area contributed by atoms with Crippen molar-refractivity contribution in [1.82, 2.24) is 15.6 Å². The highest BCUT2D eigenvalue weighted by atomic mass is 16.1. The molecular formula is C10H13N3O. The Morgan fingerprint density at radius 3 is 3.21 bits per heavy atom. The average Bonchev–Trinajstić information content (AvgIpc) is 2.44. The maximum Gasteiger partial charge on any atom is 0.221 e. The first kappa shape index (κ1) is 9.15. The van der Waals surface area contributed by atoms with Crippen LogP contribution in [0.15, 0.2) is 24.5 Å². The molecule has 1 aromatic rings. The van der Waals surface area contributed by atoms with Gasteiger partial charge >= 0.3 is 0 Å². The highest BCUT2D eigenvalue weighted by Gasteiger charge is 2.17. The number of carbonyl (C=O) groups is 1.